The zero-order valence-corrected chi connectivity index (χ0v) is 21.0. The summed E-state index contributed by atoms with van der Waals surface area (Å²) in [6.45, 7) is 0. The van der Waals surface area contributed by atoms with E-state index in [1.807, 2.05) is 54.6 Å². The smallest absolute Gasteiger partial charge is 0.228 e. The molecular formula is C30H22N4O5. The third kappa shape index (κ3) is 3.58. The number of hydrogen-bond acceptors (Lipinski definition) is 8. The molecule has 2 N–H and O–H groups in total. The van der Waals surface area contributed by atoms with Gasteiger partial charge < -0.3 is 24.4 Å². The van der Waals surface area contributed by atoms with E-state index in [1.54, 1.807) is 36.9 Å². The Kier molecular flexibility index (Phi) is 5.06. The van der Waals surface area contributed by atoms with E-state index in [0.29, 0.717) is 45.7 Å². The first-order valence-electron chi connectivity index (χ1n) is 12.2. The van der Waals surface area contributed by atoms with Gasteiger partial charge in [0.15, 0.2) is 23.0 Å². The number of benzene rings is 4. The van der Waals surface area contributed by atoms with Crippen molar-refractivity contribution >= 4 is 16.4 Å². The molecule has 1 aliphatic rings. The molecule has 0 fully saturated rings. The molecule has 0 spiro atoms. The SMILES string of the molecule is COc1ccc([C@H]2c3ccc(O)cc3Oc3ncn4nc(-c5cc6ccccc6cc5O)nc4c32)cc1OC. The van der Waals surface area contributed by atoms with Crippen molar-refractivity contribution in [1.82, 2.24) is 19.6 Å². The minimum Gasteiger partial charge on any atom is -0.508 e. The van der Waals surface area contributed by atoms with E-state index in [2.05, 4.69) is 10.1 Å². The molecule has 7 rings (SSSR count). The highest BCUT2D eigenvalue weighted by Gasteiger charge is 2.34. The average Bonchev–Trinajstić information content (AvgIpc) is 3.39. The van der Waals surface area contributed by atoms with Crippen molar-refractivity contribution < 1.29 is 24.4 Å². The van der Waals surface area contributed by atoms with Gasteiger partial charge in [0, 0.05) is 17.5 Å². The largest absolute Gasteiger partial charge is 0.508 e. The van der Waals surface area contributed by atoms with Gasteiger partial charge in [0.1, 0.15) is 23.6 Å². The van der Waals surface area contributed by atoms with Crippen LogP contribution in [0.15, 0.2) is 79.1 Å². The zero-order valence-electron chi connectivity index (χ0n) is 21.0. The lowest BCUT2D eigenvalue weighted by Gasteiger charge is -2.28. The van der Waals surface area contributed by atoms with Crippen LogP contribution in [0.3, 0.4) is 0 Å². The average molecular weight is 519 g/mol. The van der Waals surface area contributed by atoms with Crippen molar-refractivity contribution in [2.24, 2.45) is 0 Å². The molecule has 6 aromatic rings. The number of ether oxygens (including phenoxy) is 3. The third-order valence-corrected chi connectivity index (χ3v) is 7.04. The van der Waals surface area contributed by atoms with Crippen LogP contribution in [0.25, 0.3) is 27.8 Å². The van der Waals surface area contributed by atoms with Gasteiger partial charge in [-0.2, -0.15) is 0 Å². The second-order valence-corrected chi connectivity index (χ2v) is 9.26. The van der Waals surface area contributed by atoms with E-state index in [1.165, 1.54) is 6.33 Å². The van der Waals surface area contributed by atoms with Crippen LogP contribution >= 0.6 is 0 Å². The molecule has 192 valence electrons. The van der Waals surface area contributed by atoms with E-state index in [0.717, 1.165) is 21.9 Å². The molecule has 0 bridgehead atoms. The molecule has 0 aliphatic carbocycles. The Labute approximate surface area is 222 Å². The second kappa shape index (κ2) is 8.63. The fraction of sp³-hybridized carbons (Fsp3) is 0.100. The summed E-state index contributed by atoms with van der Waals surface area (Å²) in [4.78, 5) is 9.42. The highest BCUT2D eigenvalue weighted by molar-refractivity contribution is 5.89. The first-order chi connectivity index (χ1) is 19.0. The van der Waals surface area contributed by atoms with Crippen LogP contribution in [0.5, 0.6) is 34.6 Å². The van der Waals surface area contributed by atoms with Gasteiger partial charge in [-0.3, -0.25) is 0 Å². The minimum absolute atomic E-state index is 0.0833. The van der Waals surface area contributed by atoms with Crippen molar-refractivity contribution in [2.75, 3.05) is 14.2 Å². The number of fused-ring (bicyclic) bond motifs is 5. The van der Waals surface area contributed by atoms with Crippen LogP contribution in [0.4, 0.5) is 0 Å². The molecule has 39 heavy (non-hydrogen) atoms. The van der Waals surface area contributed by atoms with Crippen LogP contribution in [-0.4, -0.2) is 44.0 Å². The fourth-order valence-corrected chi connectivity index (χ4v) is 5.20. The summed E-state index contributed by atoms with van der Waals surface area (Å²) in [5.41, 5.74) is 3.44. The summed E-state index contributed by atoms with van der Waals surface area (Å²) in [6, 6.07) is 22.1. The number of phenols is 2. The van der Waals surface area contributed by atoms with Gasteiger partial charge in [-0.1, -0.05) is 36.4 Å². The van der Waals surface area contributed by atoms with E-state index in [-0.39, 0.29) is 17.4 Å². The van der Waals surface area contributed by atoms with Gasteiger partial charge in [-0.15, -0.1) is 5.10 Å². The number of methoxy groups -OCH3 is 2. The van der Waals surface area contributed by atoms with Gasteiger partial charge in [0.05, 0.1) is 25.3 Å². The lowest BCUT2D eigenvalue weighted by atomic mass is 9.83. The van der Waals surface area contributed by atoms with E-state index < -0.39 is 0 Å². The molecule has 0 amide bonds. The van der Waals surface area contributed by atoms with Crippen molar-refractivity contribution in [3.8, 4) is 46.0 Å². The first kappa shape index (κ1) is 22.9. The Hall–Kier alpha value is -5.31. The molecule has 0 unspecified atom stereocenters. The van der Waals surface area contributed by atoms with Gasteiger partial charge in [-0.05, 0) is 46.7 Å². The third-order valence-electron chi connectivity index (χ3n) is 7.04. The van der Waals surface area contributed by atoms with Crippen LogP contribution in [0.1, 0.15) is 22.6 Å². The first-order valence-corrected chi connectivity index (χ1v) is 12.2. The maximum Gasteiger partial charge on any atom is 0.228 e. The maximum absolute atomic E-state index is 10.8. The van der Waals surface area contributed by atoms with Crippen molar-refractivity contribution in [2.45, 2.75) is 5.92 Å². The number of aromatic hydroxyl groups is 2. The molecule has 2 aromatic heterocycles. The second-order valence-electron chi connectivity index (χ2n) is 9.26. The summed E-state index contributed by atoms with van der Waals surface area (Å²) >= 11 is 0. The predicted octanol–water partition coefficient (Wildman–Crippen LogP) is 5.66. The molecule has 1 aliphatic heterocycles. The van der Waals surface area contributed by atoms with Crippen LogP contribution in [0.2, 0.25) is 0 Å². The number of phenolic OH excluding ortho intramolecular Hbond substituents is 2. The Balaban J connectivity index is 1.47. The van der Waals surface area contributed by atoms with Crippen LogP contribution in [0, 0.1) is 0 Å². The highest BCUT2D eigenvalue weighted by Crippen LogP contribution is 2.50. The number of rotatable bonds is 4. The Bertz CT molecular complexity index is 1920. The molecule has 1 atom stereocenters. The molecule has 4 aromatic carbocycles. The quantitative estimate of drug-likeness (QED) is 0.307. The standard InChI is InChI=1S/C30H22N4O5/c1-37-23-10-7-18(13-25(23)38-2)26-20-9-8-19(35)14-24(20)39-30-27(26)29-32-28(33-34(29)15-31-30)21-11-16-5-3-4-6-17(16)12-22(21)36/h3-15,26,35-36H,1-2H3/t26-/m0/s1. The lowest BCUT2D eigenvalue weighted by Crippen LogP contribution is -2.15. The topological polar surface area (TPSA) is 111 Å². The van der Waals surface area contributed by atoms with Gasteiger partial charge in [-0.25, -0.2) is 14.5 Å². The monoisotopic (exact) mass is 518 g/mol. The molecule has 0 saturated carbocycles. The maximum atomic E-state index is 10.8. The molecular weight excluding hydrogens is 496 g/mol. The summed E-state index contributed by atoms with van der Waals surface area (Å²) in [7, 11) is 3.18. The van der Waals surface area contributed by atoms with Crippen LogP contribution < -0.4 is 14.2 Å². The summed E-state index contributed by atoms with van der Waals surface area (Å²) < 4.78 is 18.8. The summed E-state index contributed by atoms with van der Waals surface area (Å²) in [6.07, 6.45) is 1.53. The number of aromatic nitrogens is 4. The normalized spacial score (nSPS) is 14.1. The van der Waals surface area contributed by atoms with E-state index in [4.69, 9.17) is 19.2 Å². The van der Waals surface area contributed by atoms with E-state index in [9.17, 15) is 10.2 Å². The van der Waals surface area contributed by atoms with Crippen molar-refractivity contribution in [3.63, 3.8) is 0 Å². The van der Waals surface area contributed by atoms with E-state index >= 15 is 0 Å². The minimum atomic E-state index is -0.373. The number of hydrogen-bond donors (Lipinski definition) is 2. The molecule has 3 heterocycles. The van der Waals surface area contributed by atoms with Gasteiger partial charge >= 0.3 is 0 Å². The Morgan fingerprint density at radius 2 is 1.67 bits per heavy atom. The van der Waals surface area contributed by atoms with Gasteiger partial charge in [0.2, 0.25) is 5.88 Å². The Morgan fingerprint density at radius 3 is 2.46 bits per heavy atom. The highest BCUT2D eigenvalue weighted by atomic mass is 16.5. The summed E-state index contributed by atoms with van der Waals surface area (Å²) in [5, 5.41) is 27.5. The predicted molar refractivity (Wildman–Crippen MR) is 144 cm³/mol. The number of nitrogens with zero attached hydrogens (tertiary/aromatic N) is 4. The lowest BCUT2D eigenvalue weighted by molar-refractivity contribution is 0.354. The molecule has 0 saturated heterocycles. The molecule has 0 radical (unpaired) electrons. The summed E-state index contributed by atoms with van der Waals surface area (Å²) in [5.74, 6) is 2.17. The fourth-order valence-electron chi connectivity index (χ4n) is 5.20. The van der Waals surface area contributed by atoms with Crippen LogP contribution in [-0.2, 0) is 0 Å². The van der Waals surface area contributed by atoms with Gasteiger partial charge in [0.25, 0.3) is 0 Å². The Morgan fingerprint density at radius 1 is 0.872 bits per heavy atom. The zero-order chi connectivity index (χ0) is 26.7. The van der Waals surface area contributed by atoms with Crippen molar-refractivity contribution in [1.29, 1.82) is 0 Å². The van der Waals surface area contributed by atoms with Crippen molar-refractivity contribution in [3.05, 3.63) is 95.8 Å². The molecule has 9 heteroatoms. The molecule has 9 nitrogen and oxygen atoms in total.